The first-order valence-electron chi connectivity index (χ1n) is 3.66. The molecule has 0 aliphatic heterocycles. The van der Waals surface area contributed by atoms with Crippen molar-refractivity contribution in [2.75, 3.05) is 0 Å². The highest BCUT2D eigenvalue weighted by atomic mass is 16.4. The number of hydrogen-bond acceptors (Lipinski definition) is 4. The average Bonchev–Trinajstić information content (AvgIpc) is 2.55. The highest BCUT2D eigenvalue weighted by Gasteiger charge is 2.18. The van der Waals surface area contributed by atoms with E-state index < -0.39 is 17.8 Å². The summed E-state index contributed by atoms with van der Waals surface area (Å²) >= 11 is 0. The predicted octanol–water partition coefficient (Wildman–Crippen LogP) is 0.264. The van der Waals surface area contributed by atoms with Gasteiger partial charge >= 0.3 is 5.97 Å². The SMILES string of the molecule is N[C@H](CC(=O)c1ccco1)C(=O)O. The van der Waals surface area contributed by atoms with Crippen LogP contribution in [0.3, 0.4) is 0 Å². The van der Waals surface area contributed by atoms with Crippen molar-refractivity contribution in [3.8, 4) is 0 Å². The molecule has 0 saturated carbocycles. The lowest BCUT2D eigenvalue weighted by atomic mass is 10.1. The first kappa shape index (κ1) is 9.47. The fourth-order valence-corrected chi connectivity index (χ4v) is 0.825. The van der Waals surface area contributed by atoms with E-state index in [-0.39, 0.29) is 12.2 Å². The van der Waals surface area contributed by atoms with E-state index in [1.807, 2.05) is 0 Å². The summed E-state index contributed by atoms with van der Waals surface area (Å²) in [7, 11) is 0. The number of carbonyl (C=O) groups excluding carboxylic acids is 1. The molecule has 1 aromatic heterocycles. The second kappa shape index (κ2) is 3.86. The van der Waals surface area contributed by atoms with Crippen LogP contribution in [0.25, 0.3) is 0 Å². The Morgan fingerprint density at radius 3 is 2.77 bits per heavy atom. The molecule has 0 spiro atoms. The van der Waals surface area contributed by atoms with Crippen LogP contribution in [0.4, 0.5) is 0 Å². The first-order valence-corrected chi connectivity index (χ1v) is 3.66. The molecule has 5 nitrogen and oxygen atoms in total. The summed E-state index contributed by atoms with van der Waals surface area (Å²) in [5.74, 6) is -1.46. The van der Waals surface area contributed by atoms with Crippen LogP contribution in [0, 0.1) is 0 Å². The molecule has 0 radical (unpaired) electrons. The molecule has 0 bridgehead atoms. The third-order valence-corrected chi connectivity index (χ3v) is 1.52. The van der Waals surface area contributed by atoms with Gasteiger partial charge in [-0.05, 0) is 12.1 Å². The Balaban J connectivity index is 2.56. The summed E-state index contributed by atoms with van der Waals surface area (Å²) in [6.45, 7) is 0. The molecular weight excluding hydrogens is 174 g/mol. The zero-order valence-corrected chi connectivity index (χ0v) is 6.77. The van der Waals surface area contributed by atoms with E-state index in [0.29, 0.717) is 0 Å². The molecule has 0 fully saturated rings. The fourth-order valence-electron chi connectivity index (χ4n) is 0.825. The molecule has 0 saturated heterocycles. The maximum atomic E-state index is 11.2. The van der Waals surface area contributed by atoms with Gasteiger partial charge in [0.2, 0.25) is 0 Å². The molecule has 1 rings (SSSR count). The van der Waals surface area contributed by atoms with Gasteiger partial charge in [-0.15, -0.1) is 0 Å². The number of hydrogen-bond donors (Lipinski definition) is 2. The number of carbonyl (C=O) groups is 2. The van der Waals surface area contributed by atoms with E-state index in [0.717, 1.165) is 0 Å². The van der Waals surface area contributed by atoms with Crippen molar-refractivity contribution < 1.29 is 19.1 Å². The van der Waals surface area contributed by atoms with Gasteiger partial charge in [-0.25, -0.2) is 0 Å². The number of carboxylic acid groups (broad SMARTS) is 1. The second-order valence-electron chi connectivity index (χ2n) is 2.55. The van der Waals surface area contributed by atoms with Crippen molar-refractivity contribution in [2.24, 2.45) is 5.73 Å². The minimum atomic E-state index is -1.19. The summed E-state index contributed by atoms with van der Waals surface area (Å²) in [6, 6.07) is 1.86. The zero-order valence-electron chi connectivity index (χ0n) is 6.77. The van der Waals surface area contributed by atoms with Crippen molar-refractivity contribution in [1.29, 1.82) is 0 Å². The Morgan fingerprint density at radius 2 is 2.31 bits per heavy atom. The third-order valence-electron chi connectivity index (χ3n) is 1.52. The number of rotatable bonds is 4. The summed E-state index contributed by atoms with van der Waals surface area (Å²) < 4.78 is 4.78. The lowest BCUT2D eigenvalue weighted by Crippen LogP contribution is -2.32. The third kappa shape index (κ3) is 2.41. The largest absolute Gasteiger partial charge is 0.480 e. The summed E-state index contributed by atoms with van der Waals surface area (Å²) in [5, 5.41) is 8.42. The van der Waals surface area contributed by atoms with Gasteiger partial charge in [0.1, 0.15) is 6.04 Å². The Hall–Kier alpha value is -1.62. The Morgan fingerprint density at radius 1 is 1.62 bits per heavy atom. The van der Waals surface area contributed by atoms with E-state index >= 15 is 0 Å². The Labute approximate surface area is 74.1 Å². The second-order valence-corrected chi connectivity index (χ2v) is 2.55. The van der Waals surface area contributed by atoms with Gasteiger partial charge in [-0.1, -0.05) is 0 Å². The van der Waals surface area contributed by atoms with Crippen LogP contribution in [0.2, 0.25) is 0 Å². The van der Waals surface area contributed by atoms with E-state index in [1.54, 1.807) is 6.07 Å². The molecule has 0 aliphatic carbocycles. The standard InChI is InChI=1S/C8H9NO4/c9-5(8(11)12)4-6(10)7-2-1-3-13-7/h1-3,5H,4,9H2,(H,11,12)/t5-/m1/s1. The Bertz CT molecular complexity index is 304. The molecule has 70 valence electrons. The Kier molecular flexibility index (Phi) is 2.81. The lowest BCUT2D eigenvalue weighted by molar-refractivity contribution is -0.138. The number of Topliss-reactive ketones (excluding diaryl/α,β-unsaturated/α-hetero) is 1. The summed E-state index contributed by atoms with van der Waals surface area (Å²) in [5.41, 5.74) is 5.16. The van der Waals surface area contributed by atoms with Gasteiger partial charge in [-0.2, -0.15) is 0 Å². The average molecular weight is 183 g/mol. The zero-order chi connectivity index (χ0) is 9.84. The minimum Gasteiger partial charge on any atom is -0.480 e. The van der Waals surface area contributed by atoms with Crippen molar-refractivity contribution in [2.45, 2.75) is 12.5 Å². The molecule has 5 heteroatoms. The van der Waals surface area contributed by atoms with Gasteiger partial charge in [0.05, 0.1) is 6.26 Å². The predicted molar refractivity (Wildman–Crippen MR) is 43.3 cm³/mol. The van der Waals surface area contributed by atoms with Crippen molar-refractivity contribution in [3.63, 3.8) is 0 Å². The summed E-state index contributed by atoms with van der Waals surface area (Å²) in [4.78, 5) is 21.5. The van der Waals surface area contributed by atoms with Crippen molar-refractivity contribution in [3.05, 3.63) is 24.2 Å². The van der Waals surface area contributed by atoms with E-state index in [4.69, 9.17) is 15.3 Å². The molecule has 0 unspecified atom stereocenters. The normalized spacial score (nSPS) is 12.4. The van der Waals surface area contributed by atoms with Crippen LogP contribution >= 0.6 is 0 Å². The van der Waals surface area contributed by atoms with Crippen molar-refractivity contribution >= 4 is 11.8 Å². The van der Waals surface area contributed by atoms with Crippen molar-refractivity contribution in [1.82, 2.24) is 0 Å². The van der Waals surface area contributed by atoms with Gasteiger partial charge in [0, 0.05) is 6.42 Å². The number of carboxylic acids is 1. The van der Waals surface area contributed by atoms with Gasteiger partial charge in [-0.3, -0.25) is 9.59 Å². The van der Waals surface area contributed by atoms with Gasteiger partial charge in [0.15, 0.2) is 11.5 Å². The quantitative estimate of drug-likeness (QED) is 0.653. The van der Waals surface area contributed by atoms with Crippen LogP contribution in [-0.4, -0.2) is 22.9 Å². The van der Waals surface area contributed by atoms with E-state index in [9.17, 15) is 9.59 Å². The van der Waals surface area contributed by atoms with Crippen LogP contribution in [0.5, 0.6) is 0 Å². The smallest absolute Gasteiger partial charge is 0.320 e. The molecule has 0 amide bonds. The van der Waals surface area contributed by atoms with Crippen LogP contribution in [0.15, 0.2) is 22.8 Å². The molecular formula is C8H9NO4. The van der Waals surface area contributed by atoms with Gasteiger partial charge < -0.3 is 15.3 Å². The first-order chi connectivity index (χ1) is 6.11. The molecule has 1 atom stereocenters. The minimum absolute atomic E-state index is 0.136. The molecule has 0 aliphatic rings. The maximum absolute atomic E-state index is 11.2. The maximum Gasteiger partial charge on any atom is 0.320 e. The van der Waals surface area contributed by atoms with Crippen LogP contribution in [0.1, 0.15) is 17.0 Å². The van der Waals surface area contributed by atoms with E-state index in [1.165, 1.54) is 12.3 Å². The number of aliphatic carboxylic acids is 1. The highest BCUT2D eigenvalue weighted by molar-refractivity contribution is 5.96. The van der Waals surface area contributed by atoms with E-state index in [2.05, 4.69) is 0 Å². The molecule has 1 aromatic rings. The van der Waals surface area contributed by atoms with Gasteiger partial charge in [0.25, 0.3) is 0 Å². The topological polar surface area (TPSA) is 93.5 Å². The number of furan rings is 1. The van der Waals surface area contributed by atoms with Crippen LogP contribution < -0.4 is 5.73 Å². The number of nitrogens with two attached hydrogens (primary N) is 1. The highest BCUT2D eigenvalue weighted by Crippen LogP contribution is 2.05. The lowest BCUT2D eigenvalue weighted by Gasteiger charge is -2.02. The molecule has 1 heterocycles. The number of ketones is 1. The molecule has 3 N–H and O–H groups in total. The monoisotopic (exact) mass is 183 g/mol. The molecule has 0 aromatic carbocycles. The fraction of sp³-hybridized carbons (Fsp3) is 0.250. The summed E-state index contributed by atoms with van der Waals surface area (Å²) in [6.07, 6.45) is 1.10. The van der Waals surface area contributed by atoms with Crippen LogP contribution in [-0.2, 0) is 4.79 Å². The molecule has 13 heavy (non-hydrogen) atoms.